The zero-order valence-electron chi connectivity index (χ0n) is 13.8. The molecule has 0 aliphatic carbocycles. The molecule has 0 aromatic rings. The first-order valence-corrected chi connectivity index (χ1v) is 9.14. The standard InChI is InChI=1S/C15H22N4.ClH3O4.Cu/c1-3-10-18-14(6-1)12-16-8-5-9-17-13-15-7-2-4-11-19-15;2-1(3,4)5;/h1,3,6,12-13,15H,2,4-5,7-11H2;2-4H;/q-2;;+2. The Balaban J connectivity index is 0.000000848. The van der Waals surface area contributed by atoms with Gasteiger partial charge in [0.2, 0.25) is 0 Å². The third kappa shape index (κ3) is 16.4. The number of allylic oxidation sites excluding steroid dienone is 3. The van der Waals surface area contributed by atoms with Gasteiger partial charge in [0.1, 0.15) is 0 Å². The molecule has 0 amide bonds. The van der Waals surface area contributed by atoms with E-state index in [9.17, 15) is 0 Å². The molecule has 1 saturated heterocycles. The second-order valence-electron chi connectivity index (χ2n) is 5.21. The molecule has 147 valence electrons. The number of hydrogen-bond donors (Lipinski definition) is 3. The van der Waals surface area contributed by atoms with Crippen LogP contribution in [0.15, 0.2) is 33.9 Å². The first-order valence-electron chi connectivity index (χ1n) is 7.82. The van der Waals surface area contributed by atoms with Crippen LogP contribution in [0.25, 0.3) is 10.6 Å². The molecule has 1 fully saturated rings. The molecule has 10 heteroatoms. The van der Waals surface area contributed by atoms with Crippen molar-refractivity contribution in [2.45, 2.75) is 31.7 Å². The molecule has 0 aromatic carbocycles. The van der Waals surface area contributed by atoms with E-state index in [1.165, 1.54) is 19.3 Å². The Hall–Kier alpha value is -0.771. The molecule has 0 aromatic heterocycles. The van der Waals surface area contributed by atoms with Gasteiger partial charge in [-0.25, -0.2) is 0 Å². The van der Waals surface area contributed by atoms with E-state index in [-0.39, 0.29) is 17.1 Å². The first-order chi connectivity index (χ1) is 11.4. The van der Waals surface area contributed by atoms with Crippen molar-refractivity contribution in [2.75, 3.05) is 26.2 Å². The second kappa shape index (κ2) is 14.4. The Bertz CT molecular complexity index is 455. The third-order valence-corrected chi connectivity index (χ3v) is 3.13. The minimum absolute atomic E-state index is 0. The van der Waals surface area contributed by atoms with Crippen molar-refractivity contribution in [3.63, 3.8) is 0 Å². The molecule has 2 rings (SSSR count). The summed E-state index contributed by atoms with van der Waals surface area (Å²) in [6.07, 6.45) is 14.6. The van der Waals surface area contributed by atoms with Crippen LogP contribution in [0.1, 0.15) is 25.7 Å². The Labute approximate surface area is 161 Å². The normalized spacial score (nSPS) is 21.1. The number of piperidine rings is 1. The predicted molar refractivity (Wildman–Crippen MR) is 89.3 cm³/mol. The summed E-state index contributed by atoms with van der Waals surface area (Å²) in [4.78, 5) is 8.80. The Kier molecular flexibility index (Phi) is 14.0. The predicted octanol–water partition coefficient (Wildman–Crippen LogP) is 0.409. The quantitative estimate of drug-likeness (QED) is 0.323. The molecule has 1 unspecified atom stereocenters. The molecule has 1 radical (unpaired) electrons. The Morgan fingerprint density at radius 3 is 2.56 bits per heavy atom. The fraction of sp³-hybridized carbons (Fsp3) is 0.600. The van der Waals surface area contributed by atoms with E-state index < -0.39 is 10.2 Å². The van der Waals surface area contributed by atoms with Gasteiger partial charge in [0.25, 0.3) is 0 Å². The topological polar surface area (TPSA) is 137 Å². The molecular formula is C15H25ClCuN4O4. The number of aliphatic imine (C=N–C) groups is 2. The minimum atomic E-state index is -4.19. The van der Waals surface area contributed by atoms with Crippen molar-refractivity contribution in [2.24, 2.45) is 9.98 Å². The van der Waals surface area contributed by atoms with Crippen molar-refractivity contribution >= 4 is 12.4 Å². The van der Waals surface area contributed by atoms with Gasteiger partial charge in [0.05, 0.1) is 0 Å². The monoisotopic (exact) mass is 423 g/mol. The van der Waals surface area contributed by atoms with E-state index in [1.54, 1.807) is 0 Å². The summed E-state index contributed by atoms with van der Waals surface area (Å²) in [6, 6.07) is 0.371. The number of hydrogen-bond acceptors (Lipinski definition) is 6. The van der Waals surface area contributed by atoms with E-state index in [1.807, 2.05) is 30.7 Å². The van der Waals surface area contributed by atoms with Crippen LogP contribution >= 0.6 is 0 Å². The van der Waals surface area contributed by atoms with E-state index in [0.29, 0.717) is 6.04 Å². The van der Waals surface area contributed by atoms with Crippen LogP contribution in [-0.4, -0.2) is 58.6 Å². The molecule has 1 atom stereocenters. The van der Waals surface area contributed by atoms with E-state index in [0.717, 1.165) is 38.3 Å². The van der Waals surface area contributed by atoms with Gasteiger partial charge in [-0.05, 0) is 12.6 Å². The summed E-state index contributed by atoms with van der Waals surface area (Å²) in [6.45, 7) is 3.44. The Morgan fingerprint density at radius 1 is 1.24 bits per heavy atom. The fourth-order valence-corrected chi connectivity index (χ4v) is 2.07. The van der Waals surface area contributed by atoms with E-state index in [4.69, 9.17) is 18.6 Å². The van der Waals surface area contributed by atoms with E-state index in [2.05, 4.69) is 20.6 Å². The van der Waals surface area contributed by atoms with Gasteiger partial charge in [-0.15, -0.1) is 24.9 Å². The Morgan fingerprint density at radius 2 is 1.96 bits per heavy atom. The van der Waals surface area contributed by atoms with Crippen LogP contribution in [0.4, 0.5) is 0 Å². The molecule has 0 bridgehead atoms. The van der Waals surface area contributed by atoms with Crippen molar-refractivity contribution in [3.8, 4) is 0 Å². The summed E-state index contributed by atoms with van der Waals surface area (Å²) < 4.78 is 30.2. The summed E-state index contributed by atoms with van der Waals surface area (Å²) in [7, 11) is -4.19. The average molecular weight is 424 g/mol. The number of halogens is 1. The molecule has 0 spiro atoms. The summed E-state index contributed by atoms with van der Waals surface area (Å²) >= 11 is 0. The molecule has 2 heterocycles. The van der Waals surface area contributed by atoms with Gasteiger partial charge in [-0.2, -0.15) is 0 Å². The molecule has 3 N–H and O–H groups in total. The van der Waals surface area contributed by atoms with Gasteiger partial charge in [-0.3, -0.25) is 9.98 Å². The van der Waals surface area contributed by atoms with Crippen molar-refractivity contribution < 1.29 is 45.9 Å². The van der Waals surface area contributed by atoms with Gasteiger partial charge in [0, 0.05) is 19.3 Å². The third-order valence-electron chi connectivity index (χ3n) is 3.13. The number of rotatable bonds is 6. The van der Waals surface area contributed by atoms with Crippen LogP contribution in [-0.2, 0) is 17.1 Å². The summed E-state index contributed by atoms with van der Waals surface area (Å²) in [5.41, 5.74) is 0.965. The van der Waals surface area contributed by atoms with Crippen LogP contribution in [0, 0.1) is 10.2 Å². The molecule has 8 nitrogen and oxygen atoms in total. The SMILES string of the molecule is C1=CC[N-]C(C=NCCCN=CC2CCCC[N-]2)=C1.[Cu+2].[O-][Cl+](O)(O)O. The fourth-order valence-electron chi connectivity index (χ4n) is 2.07. The zero-order valence-corrected chi connectivity index (χ0v) is 15.5. The summed E-state index contributed by atoms with van der Waals surface area (Å²) in [5, 5.41) is 8.83. The summed E-state index contributed by atoms with van der Waals surface area (Å²) in [5.74, 6) is 0. The average Bonchev–Trinajstić information content (AvgIpc) is 2.54. The van der Waals surface area contributed by atoms with Crippen LogP contribution < -0.4 is 4.66 Å². The van der Waals surface area contributed by atoms with Gasteiger partial charge < -0.3 is 10.6 Å². The second-order valence-corrected chi connectivity index (χ2v) is 6.08. The van der Waals surface area contributed by atoms with Crippen LogP contribution in [0.3, 0.4) is 0 Å². The maximum atomic E-state index is 8.83. The van der Waals surface area contributed by atoms with Crippen molar-refractivity contribution in [1.29, 1.82) is 0 Å². The van der Waals surface area contributed by atoms with Crippen LogP contribution in [0.2, 0.25) is 0 Å². The first kappa shape index (κ1) is 24.2. The van der Waals surface area contributed by atoms with E-state index >= 15 is 0 Å². The van der Waals surface area contributed by atoms with Gasteiger partial charge in [0.15, 0.2) is 0 Å². The molecular weight excluding hydrogens is 399 g/mol. The van der Waals surface area contributed by atoms with Crippen molar-refractivity contribution in [3.05, 3.63) is 34.6 Å². The molecule has 25 heavy (non-hydrogen) atoms. The number of nitrogens with zero attached hydrogens (tertiary/aromatic N) is 4. The molecule has 0 saturated carbocycles. The van der Waals surface area contributed by atoms with Crippen molar-refractivity contribution in [1.82, 2.24) is 0 Å². The maximum absolute atomic E-state index is 8.83. The molecule has 2 aliphatic rings. The van der Waals surface area contributed by atoms with Crippen LogP contribution in [0.5, 0.6) is 0 Å². The zero-order chi connectivity index (χ0) is 17.7. The molecule has 2 aliphatic heterocycles. The van der Waals surface area contributed by atoms with Gasteiger partial charge in [-0.1, -0.05) is 37.5 Å². The van der Waals surface area contributed by atoms with Gasteiger partial charge >= 0.3 is 45.9 Å².